The first-order valence-corrected chi connectivity index (χ1v) is 10.5. The quantitative estimate of drug-likeness (QED) is 0.422. The van der Waals surface area contributed by atoms with Crippen LogP contribution in [0.4, 0.5) is 0 Å². The van der Waals surface area contributed by atoms with Crippen LogP contribution in [0.15, 0.2) is 71.3 Å². The van der Waals surface area contributed by atoms with Crippen LogP contribution in [0.3, 0.4) is 0 Å². The Bertz CT molecular complexity index is 1310. The summed E-state index contributed by atoms with van der Waals surface area (Å²) in [5.41, 5.74) is 1.15. The van der Waals surface area contributed by atoms with Gasteiger partial charge in [0.2, 0.25) is 0 Å². The minimum Gasteiger partial charge on any atom is -0.485 e. The first-order chi connectivity index (χ1) is 15.3. The summed E-state index contributed by atoms with van der Waals surface area (Å²) in [6.07, 6.45) is -1.86. The highest BCUT2D eigenvalue weighted by Crippen LogP contribution is 2.43. The van der Waals surface area contributed by atoms with Gasteiger partial charge in [-0.15, -0.1) is 0 Å². The maximum atomic E-state index is 13.0. The smallest absolute Gasteiger partial charge is 0.262 e. The first kappa shape index (κ1) is 20.5. The van der Waals surface area contributed by atoms with E-state index in [1.54, 1.807) is 62.4 Å². The number of halogens is 1. The molecule has 1 aliphatic heterocycles. The van der Waals surface area contributed by atoms with Gasteiger partial charge in [-0.3, -0.25) is 4.79 Å². The molecule has 32 heavy (non-hydrogen) atoms. The van der Waals surface area contributed by atoms with Gasteiger partial charge < -0.3 is 19.1 Å². The van der Waals surface area contributed by atoms with Crippen LogP contribution in [-0.2, 0) is 0 Å². The number of carbonyl (C=O) groups excluding carboxylic acids is 1. The molecule has 5 rings (SSSR count). The Morgan fingerprint density at radius 2 is 1.84 bits per heavy atom. The second kappa shape index (κ2) is 7.65. The average Bonchev–Trinajstić information content (AvgIpc) is 3.18. The number of hydrogen-bond acceptors (Lipinski definition) is 6. The number of aromatic nitrogens is 1. The zero-order chi connectivity index (χ0) is 22.5. The molecule has 0 amide bonds. The van der Waals surface area contributed by atoms with E-state index in [-0.39, 0.29) is 11.7 Å². The molecule has 0 aliphatic carbocycles. The van der Waals surface area contributed by atoms with Crippen molar-refractivity contribution in [2.45, 2.75) is 31.7 Å². The molecular formula is C25H20ClNO5. The van der Waals surface area contributed by atoms with Crippen LogP contribution in [0, 0.1) is 0 Å². The zero-order valence-corrected chi connectivity index (χ0v) is 18.2. The molecule has 0 radical (unpaired) electrons. The molecule has 162 valence electrons. The van der Waals surface area contributed by atoms with Crippen molar-refractivity contribution in [3.8, 4) is 11.6 Å². The maximum absolute atomic E-state index is 13.0. The van der Waals surface area contributed by atoms with E-state index < -0.39 is 17.8 Å². The summed E-state index contributed by atoms with van der Waals surface area (Å²) in [6, 6.07) is 19.3. The van der Waals surface area contributed by atoms with E-state index in [0.29, 0.717) is 38.4 Å². The van der Waals surface area contributed by atoms with Gasteiger partial charge >= 0.3 is 0 Å². The summed E-state index contributed by atoms with van der Waals surface area (Å²) in [7, 11) is 0. The Hall–Kier alpha value is -3.35. The van der Waals surface area contributed by atoms with Crippen LogP contribution in [0.25, 0.3) is 11.0 Å². The maximum Gasteiger partial charge on any atom is 0.262 e. The number of rotatable bonds is 4. The van der Waals surface area contributed by atoms with E-state index in [2.05, 4.69) is 5.16 Å². The Morgan fingerprint density at radius 1 is 1.06 bits per heavy atom. The van der Waals surface area contributed by atoms with E-state index in [1.807, 2.05) is 18.2 Å². The molecule has 1 N–H and O–H groups in total. The topological polar surface area (TPSA) is 81.8 Å². The molecule has 0 saturated heterocycles. The molecule has 0 spiro atoms. The molecule has 0 unspecified atom stereocenters. The van der Waals surface area contributed by atoms with Crippen LogP contribution in [0.1, 0.15) is 41.4 Å². The highest BCUT2D eigenvalue weighted by molar-refractivity contribution is 6.31. The number of ether oxygens (including phenoxy) is 2. The van der Waals surface area contributed by atoms with Gasteiger partial charge in [0.25, 0.3) is 5.88 Å². The SMILES string of the molecule is CC1(C)Oc2ccc(C(=O)c3ccccc3)cc2[C@@H](Oc2noc3cc(Cl)ccc23)[C@@H]1O. The Morgan fingerprint density at radius 3 is 2.62 bits per heavy atom. The standard InChI is InChI=1S/C25H20ClNO5/c1-25(2)23(29)22(30-24-17-10-9-16(26)13-20(17)32-27-24)18-12-15(8-11-19(18)31-25)21(28)14-6-4-3-5-7-14/h3-13,22-23,29H,1-2H3/t22-,23+/m1/s1. The third-order valence-corrected chi connectivity index (χ3v) is 5.86. The predicted molar refractivity (Wildman–Crippen MR) is 119 cm³/mol. The van der Waals surface area contributed by atoms with E-state index in [0.717, 1.165) is 0 Å². The van der Waals surface area contributed by atoms with E-state index >= 15 is 0 Å². The van der Waals surface area contributed by atoms with Gasteiger partial charge in [0.1, 0.15) is 17.5 Å². The predicted octanol–water partition coefficient (Wildman–Crippen LogP) is 5.36. The van der Waals surface area contributed by atoms with Crippen molar-refractivity contribution in [1.29, 1.82) is 0 Å². The highest BCUT2D eigenvalue weighted by Gasteiger charge is 2.45. The lowest BCUT2D eigenvalue weighted by atomic mass is 9.87. The largest absolute Gasteiger partial charge is 0.485 e. The minimum atomic E-state index is -1.03. The summed E-state index contributed by atoms with van der Waals surface area (Å²) in [5.74, 6) is 0.628. The summed E-state index contributed by atoms with van der Waals surface area (Å²) in [4.78, 5) is 13.0. The van der Waals surface area contributed by atoms with Crippen molar-refractivity contribution in [2.75, 3.05) is 0 Å². The molecule has 4 aromatic rings. The number of carbonyl (C=O) groups is 1. The second-order valence-corrected chi connectivity index (χ2v) is 8.70. The van der Waals surface area contributed by atoms with E-state index in [1.165, 1.54) is 0 Å². The van der Waals surface area contributed by atoms with Crippen molar-refractivity contribution < 1.29 is 23.9 Å². The lowest BCUT2D eigenvalue weighted by Crippen LogP contribution is -2.50. The zero-order valence-electron chi connectivity index (χ0n) is 17.4. The van der Waals surface area contributed by atoms with Crippen molar-refractivity contribution in [3.05, 3.63) is 88.4 Å². The van der Waals surface area contributed by atoms with Gasteiger partial charge in [0.15, 0.2) is 17.5 Å². The summed E-state index contributed by atoms with van der Waals surface area (Å²) in [5, 5.41) is 16.3. The first-order valence-electron chi connectivity index (χ1n) is 10.2. The van der Waals surface area contributed by atoms with Gasteiger partial charge in [-0.25, -0.2) is 0 Å². The average molecular weight is 450 g/mol. The Labute approximate surface area is 189 Å². The second-order valence-electron chi connectivity index (χ2n) is 8.26. The fraction of sp³-hybridized carbons (Fsp3) is 0.200. The Balaban J connectivity index is 1.57. The molecular weight excluding hydrogens is 430 g/mol. The van der Waals surface area contributed by atoms with E-state index in [9.17, 15) is 9.90 Å². The third-order valence-electron chi connectivity index (χ3n) is 5.63. The lowest BCUT2D eigenvalue weighted by Gasteiger charge is -2.41. The molecule has 7 heteroatoms. The van der Waals surface area contributed by atoms with Gasteiger partial charge in [0, 0.05) is 27.8 Å². The Kier molecular flexibility index (Phi) is 4.92. The van der Waals surface area contributed by atoms with Crippen LogP contribution < -0.4 is 9.47 Å². The van der Waals surface area contributed by atoms with Crippen LogP contribution >= 0.6 is 11.6 Å². The monoisotopic (exact) mass is 449 g/mol. The third kappa shape index (κ3) is 3.51. The number of aliphatic hydroxyl groups is 1. The minimum absolute atomic E-state index is 0.131. The van der Waals surface area contributed by atoms with Crippen LogP contribution in [-0.4, -0.2) is 27.8 Å². The molecule has 0 bridgehead atoms. The molecule has 1 aromatic heterocycles. The van der Waals surface area contributed by atoms with Gasteiger partial charge in [-0.1, -0.05) is 41.9 Å². The molecule has 6 nitrogen and oxygen atoms in total. The van der Waals surface area contributed by atoms with Crippen LogP contribution in [0.2, 0.25) is 5.02 Å². The molecule has 2 heterocycles. The fourth-order valence-electron chi connectivity index (χ4n) is 3.86. The normalized spacial score (nSPS) is 19.2. The van der Waals surface area contributed by atoms with Gasteiger partial charge in [0.05, 0.1) is 5.39 Å². The molecule has 0 fully saturated rings. The van der Waals surface area contributed by atoms with E-state index in [4.69, 9.17) is 25.6 Å². The summed E-state index contributed by atoms with van der Waals surface area (Å²) in [6.45, 7) is 3.56. The highest BCUT2D eigenvalue weighted by atomic mass is 35.5. The van der Waals surface area contributed by atoms with Crippen molar-refractivity contribution in [2.24, 2.45) is 0 Å². The van der Waals surface area contributed by atoms with Gasteiger partial charge in [-0.2, -0.15) is 0 Å². The molecule has 3 aromatic carbocycles. The summed E-state index contributed by atoms with van der Waals surface area (Å²) >= 11 is 6.03. The van der Waals surface area contributed by atoms with Crippen molar-refractivity contribution in [1.82, 2.24) is 5.16 Å². The number of hydrogen-bond donors (Lipinski definition) is 1. The number of fused-ring (bicyclic) bond motifs is 2. The number of ketones is 1. The molecule has 2 atom stereocenters. The number of aliphatic hydroxyl groups excluding tert-OH is 1. The van der Waals surface area contributed by atoms with Gasteiger partial charge in [-0.05, 0) is 49.3 Å². The molecule has 1 aliphatic rings. The van der Waals surface area contributed by atoms with Crippen LogP contribution in [0.5, 0.6) is 11.6 Å². The summed E-state index contributed by atoms with van der Waals surface area (Å²) < 4.78 is 17.5. The fourth-order valence-corrected chi connectivity index (χ4v) is 4.02. The van der Waals surface area contributed by atoms with Crippen molar-refractivity contribution in [3.63, 3.8) is 0 Å². The number of nitrogens with zero attached hydrogens (tertiary/aromatic N) is 1. The lowest BCUT2D eigenvalue weighted by molar-refractivity contribution is -0.104. The number of benzene rings is 3. The van der Waals surface area contributed by atoms with Crippen molar-refractivity contribution >= 4 is 28.4 Å². The molecule has 0 saturated carbocycles.